The quantitative estimate of drug-likeness (QED) is 0.655. The molecule has 0 bridgehead atoms. The Labute approximate surface area is 159 Å². The molecule has 2 aromatic rings. The number of nitrogens with one attached hydrogen (secondary N) is 2. The fourth-order valence-electron chi connectivity index (χ4n) is 2.22. The minimum atomic E-state index is -4.97. The number of para-hydroxylation sites is 1. The number of carbonyl (C=O) groups is 2. The Kier molecular flexibility index (Phi) is 6.63. The summed E-state index contributed by atoms with van der Waals surface area (Å²) < 4.78 is 43.1. The summed E-state index contributed by atoms with van der Waals surface area (Å²) >= 11 is 0. The smallest absolute Gasteiger partial charge is 0.417 e. The van der Waals surface area contributed by atoms with E-state index in [1.807, 2.05) is 53.3 Å². The topological polar surface area (TPSA) is 87.7 Å². The lowest BCUT2D eigenvalue weighted by molar-refractivity contribution is -0.253. The van der Waals surface area contributed by atoms with Gasteiger partial charge >= 0.3 is 6.18 Å². The van der Waals surface area contributed by atoms with Gasteiger partial charge < -0.3 is 9.84 Å². The third-order valence-corrected chi connectivity index (χ3v) is 3.79. The number of aliphatic hydroxyl groups is 1. The van der Waals surface area contributed by atoms with E-state index < -0.39 is 36.6 Å². The number of halogens is 3. The monoisotopic (exact) mass is 396 g/mol. The number of hydrogen-bond donors (Lipinski definition) is 3. The van der Waals surface area contributed by atoms with Crippen LogP contribution >= 0.6 is 0 Å². The lowest BCUT2D eigenvalue weighted by Gasteiger charge is -2.25. The van der Waals surface area contributed by atoms with E-state index >= 15 is 0 Å². The predicted molar refractivity (Wildman–Crippen MR) is 95.0 cm³/mol. The first kappa shape index (κ1) is 21.2. The van der Waals surface area contributed by atoms with Crippen LogP contribution in [0.5, 0.6) is 5.75 Å². The average molecular weight is 396 g/mol. The van der Waals surface area contributed by atoms with Gasteiger partial charge in [-0.2, -0.15) is 13.2 Å². The Morgan fingerprint density at radius 2 is 1.54 bits per heavy atom. The summed E-state index contributed by atoms with van der Waals surface area (Å²) in [4.78, 5) is 23.3. The Morgan fingerprint density at radius 1 is 0.964 bits per heavy atom. The number of amides is 2. The highest BCUT2D eigenvalue weighted by Gasteiger charge is 2.51. The molecule has 0 spiro atoms. The van der Waals surface area contributed by atoms with Crippen molar-refractivity contribution in [2.24, 2.45) is 0 Å². The van der Waals surface area contributed by atoms with Gasteiger partial charge in [-0.1, -0.05) is 48.5 Å². The Bertz CT molecular complexity index is 823. The van der Waals surface area contributed by atoms with Crippen LogP contribution in [0.2, 0.25) is 0 Å². The van der Waals surface area contributed by atoms with Crippen LogP contribution in [0.25, 0.3) is 11.1 Å². The van der Waals surface area contributed by atoms with E-state index in [-0.39, 0.29) is 0 Å². The minimum Gasteiger partial charge on any atom is -0.483 e. The number of ether oxygens (including phenoxy) is 1. The van der Waals surface area contributed by atoms with E-state index in [1.54, 1.807) is 12.1 Å². The summed E-state index contributed by atoms with van der Waals surface area (Å²) in [5.74, 6) is -1.54. The van der Waals surface area contributed by atoms with Crippen LogP contribution in [-0.4, -0.2) is 35.3 Å². The van der Waals surface area contributed by atoms with Gasteiger partial charge in [-0.15, -0.1) is 0 Å². The molecule has 0 aliphatic rings. The highest BCUT2D eigenvalue weighted by atomic mass is 19.4. The molecular weight excluding hydrogens is 377 g/mol. The van der Waals surface area contributed by atoms with E-state index in [4.69, 9.17) is 4.74 Å². The van der Waals surface area contributed by atoms with Gasteiger partial charge in [0.25, 0.3) is 5.91 Å². The molecule has 0 aromatic heterocycles. The lowest BCUT2D eigenvalue weighted by atomic mass is 10.0. The summed E-state index contributed by atoms with van der Waals surface area (Å²) in [6.07, 6.45) is -6.23. The van der Waals surface area contributed by atoms with Crippen molar-refractivity contribution in [1.82, 2.24) is 10.9 Å². The molecule has 0 fully saturated rings. The van der Waals surface area contributed by atoms with Crippen LogP contribution in [0, 0.1) is 0 Å². The highest BCUT2D eigenvalue weighted by Crippen LogP contribution is 2.32. The van der Waals surface area contributed by atoms with Crippen LogP contribution in [0.1, 0.15) is 13.3 Å². The van der Waals surface area contributed by atoms with E-state index in [0.717, 1.165) is 11.1 Å². The largest absolute Gasteiger partial charge is 0.483 e. The zero-order chi connectivity index (χ0) is 20.8. The number of benzene rings is 2. The van der Waals surface area contributed by atoms with Crippen molar-refractivity contribution in [2.45, 2.75) is 25.1 Å². The molecule has 1 atom stereocenters. The summed E-state index contributed by atoms with van der Waals surface area (Å²) in [7, 11) is 0. The third kappa shape index (κ3) is 5.71. The molecule has 2 aromatic carbocycles. The zero-order valence-corrected chi connectivity index (χ0v) is 14.9. The van der Waals surface area contributed by atoms with E-state index in [9.17, 15) is 27.9 Å². The van der Waals surface area contributed by atoms with Crippen molar-refractivity contribution in [3.05, 3.63) is 54.6 Å². The fourth-order valence-corrected chi connectivity index (χ4v) is 2.22. The summed E-state index contributed by atoms with van der Waals surface area (Å²) in [6.45, 7) is -0.00217. The second-order valence-corrected chi connectivity index (χ2v) is 6.20. The highest BCUT2D eigenvalue weighted by molar-refractivity contribution is 5.83. The first-order chi connectivity index (χ1) is 13.1. The molecular formula is C19H19F3N2O4. The molecule has 0 heterocycles. The number of hydrogen-bond acceptors (Lipinski definition) is 4. The molecule has 0 saturated heterocycles. The number of alkyl halides is 3. The Hall–Kier alpha value is -3.07. The SMILES string of the molecule is C[C@@](O)(CC(=O)NNC(=O)COc1ccccc1-c1ccccc1)C(F)(F)F. The molecule has 0 aliphatic carbocycles. The molecule has 2 rings (SSSR count). The maximum Gasteiger partial charge on any atom is 0.417 e. The second-order valence-electron chi connectivity index (χ2n) is 6.20. The molecule has 6 nitrogen and oxygen atoms in total. The van der Waals surface area contributed by atoms with Crippen LogP contribution in [0.3, 0.4) is 0 Å². The first-order valence-corrected chi connectivity index (χ1v) is 8.24. The second kappa shape index (κ2) is 8.75. The summed E-state index contributed by atoms with van der Waals surface area (Å²) in [6, 6.07) is 16.3. The molecule has 28 heavy (non-hydrogen) atoms. The van der Waals surface area contributed by atoms with Gasteiger partial charge in [0.1, 0.15) is 5.75 Å². The normalized spacial score (nSPS) is 13.3. The summed E-state index contributed by atoms with van der Waals surface area (Å²) in [5.41, 5.74) is 2.18. The molecule has 0 saturated carbocycles. The molecule has 0 radical (unpaired) electrons. The number of carbonyl (C=O) groups excluding carboxylic acids is 2. The molecule has 150 valence electrons. The Morgan fingerprint density at radius 3 is 2.18 bits per heavy atom. The van der Waals surface area contributed by atoms with E-state index in [2.05, 4.69) is 0 Å². The summed E-state index contributed by atoms with van der Waals surface area (Å²) in [5, 5.41) is 9.25. The van der Waals surface area contributed by atoms with Gasteiger partial charge in [-0.05, 0) is 18.6 Å². The van der Waals surface area contributed by atoms with Crippen LogP contribution in [0.15, 0.2) is 54.6 Å². The molecule has 9 heteroatoms. The van der Waals surface area contributed by atoms with Crippen molar-refractivity contribution >= 4 is 11.8 Å². The van der Waals surface area contributed by atoms with Gasteiger partial charge in [0, 0.05) is 5.56 Å². The van der Waals surface area contributed by atoms with Crippen molar-refractivity contribution in [3.8, 4) is 16.9 Å². The van der Waals surface area contributed by atoms with Gasteiger partial charge in [-0.25, -0.2) is 0 Å². The molecule has 0 aliphatic heterocycles. The van der Waals surface area contributed by atoms with Crippen molar-refractivity contribution in [3.63, 3.8) is 0 Å². The van der Waals surface area contributed by atoms with Crippen molar-refractivity contribution < 1.29 is 32.6 Å². The molecule has 3 N–H and O–H groups in total. The maximum atomic E-state index is 12.5. The minimum absolute atomic E-state index is 0.426. The third-order valence-electron chi connectivity index (χ3n) is 3.79. The molecule has 2 amide bonds. The van der Waals surface area contributed by atoms with Crippen LogP contribution in [0.4, 0.5) is 13.2 Å². The standard InChI is InChI=1S/C19H19F3N2O4/c1-18(27,19(20,21)22)11-16(25)23-24-17(26)12-28-15-10-6-5-9-14(15)13-7-3-2-4-8-13/h2-10,27H,11-12H2,1H3,(H,23,25)(H,24,26)/t18-/m1/s1. The Balaban J connectivity index is 1.88. The van der Waals surface area contributed by atoms with E-state index in [0.29, 0.717) is 12.7 Å². The van der Waals surface area contributed by atoms with Crippen LogP contribution in [-0.2, 0) is 9.59 Å². The molecule has 0 unspecified atom stereocenters. The van der Waals surface area contributed by atoms with Gasteiger partial charge in [-0.3, -0.25) is 20.4 Å². The van der Waals surface area contributed by atoms with Gasteiger partial charge in [0.15, 0.2) is 12.2 Å². The number of rotatable bonds is 6. The predicted octanol–water partition coefficient (Wildman–Crippen LogP) is 2.58. The number of hydrazine groups is 1. The lowest BCUT2D eigenvalue weighted by Crippen LogP contribution is -2.50. The average Bonchev–Trinajstić information content (AvgIpc) is 2.64. The van der Waals surface area contributed by atoms with Crippen LogP contribution < -0.4 is 15.6 Å². The van der Waals surface area contributed by atoms with Crippen molar-refractivity contribution in [2.75, 3.05) is 6.61 Å². The van der Waals surface area contributed by atoms with Gasteiger partial charge in [0.05, 0.1) is 6.42 Å². The maximum absolute atomic E-state index is 12.5. The fraction of sp³-hybridized carbons (Fsp3) is 0.263. The first-order valence-electron chi connectivity index (χ1n) is 8.24. The van der Waals surface area contributed by atoms with Gasteiger partial charge in [0.2, 0.25) is 5.91 Å². The zero-order valence-electron chi connectivity index (χ0n) is 14.9. The van der Waals surface area contributed by atoms with Crippen molar-refractivity contribution in [1.29, 1.82) is 0 Å². The van der Waals surface area contributed by atoms with E-state index in [1.165, 1.54) is 0 Å².